The molecule has 13 heavy (non-hydrogen) atoms. The lowest BCUT2D eigenvalue weighted by Crippen LogP contribution is -2.39. The highest BCUT2D eigenvalue weighted by atomic mass is 16.5. The fourth-order valence-corrected chi connectivity index (χ4v) is 1.58. The summed E-state index contributed by atoms with van der Waals surface area (Å²) in [7, 11) is 1.75. The van der Waals surface area contributed by atoms with Gasteiger partial charge in [0.05, 0.1) is 0 Å². The van der Waals surface area contributed by atoms with Crippen molar-refractivity contribution in [3.63, 3.8) is 0 Å². The first kappa shape index (κ1) is 12.9. The van der Waals surface area contributed by atoms with E-state index in [9.17, 15) is 0 Å². The first-order chi connectivity index (χ1) is 6.18. The summed E-state index contributed by atoms with van der Waals surface area (Å²) >= 11 is 0. The molecule has 1 unspecified atom stereocenters. The minimum atomic E-state index is 0.0640. The van der Waals surface area contributed by atoms with Crippen molar-refractivity contribution in [2.24, 2.45) is 5.73 Å². The highest BCUT2D eigenvalue weighted by Gasteiger charge is 2.20. The Balaban J connectivity index is 3.67. The summed E-state index contributed by atoms with van der Waals surface area (Å²) in [6, 6.07) is 0. The molecule has 1 atom stereocenters. The molecule has 0 heterocycles. The second-order valence-corrected chi connectivity index (χ2v) is 3.92. The lowest BCUT2D eigenvalue weighted by atomic mass is 9.86. The van der Waals surface area contributed by atoms with Gasteiger partial charge in [0.1, 0.15) is 0 Å². The molecule has 0 aromatic heterocycles. The van der Waals surface area contributed by atoms with Crippen molar-refractivity contribution in [2.75, 3.05) is 13.7 Å². The molecular weight excluding hydrogens is 162 g/mol. The number of rotatable bonds is 8. The van der Waals surface area contributed by atoms with Gasteiger partial charge in [-0.15, -0.1) is 0 Å². The summed E-state index contributed by atoms with van der Waals surface area (Å²) in [5.41, 5.74) is 6.33. The van der Waals surface area contributed by atoms with Gasteiger partial charge in [-0.05, 0) is 25.7 Å². The van der Waals surface area contributed by atoms with E-state index in [1.54, 1.807) is 7.11 Å². The van der Waals surface area contributed by atoms with E-state index in [-0.39, 0.29) is 5.54 Å². The van der Waals surface area contributed by atoms with Crippen LogP contribution in [-0.2, 0) is 4.74 Å². The quantitative estimate of drug-likeness (QED) is 0.593. The maximum absolute atomic E-state index is 6.27. The van der Waals surface area contributed by atoms with Crippen LogP contribution in [0, 0.1) is 0 Å². The van der Waals surface area contributed by atoms with Gasteiger partial charge in [-0.1, -0.05) is 26.7 Å². The SMILES string of the molecule is CCCCC(N)(CC)CCCOC. The number of ether oxygens (including phenoxy) is 1. The van der Waals surface area contributed by atoms with Crippen LogP contribution in [0.3, 0.4) is 0 Å². The minimum Gasteiger partial charge on any atom is -0.385 e. The van der Waals surface area contributed by atoms with Gasteiger partial charge in [-0.25, -0.2) is 0 Å². The van der Waals surface area contributed by atoms with Crippen molar-refractivity contribution < 1.29 is 4.74 Å². The van der Waals surface area contributed by atoms with Crippen LogP contribution in [0.5, 0.6) is 0 Å². The molecule has 2 heteroatoms. The first-order valence-corrected chi connectivity index (χ1v) is 5.46. The minimum absolute atomic E-state index is 0.0640. The normalized spacial score (nSPS) is 15.7. The Morgan fingerprint density at radius 2 is 1.77 bits per heavy atom. The summed E-state index contributed by atoms with van der Waals surface area (Å²) in [6.45, 7) is 5.23. The van der Waals surface area contributed by atoms with Crippen LogP contribution in [0.4, 0.5) is 0 Å². The maximum atomic E-state index is 6.27. The smallest absolute Gasteiger partial charge is 0.0462 e. The molecule has 0 saturated carbocycles. The van der Waals surface area contributed by atoms with E-state index in [0.29, 0.717) is 0 Å². The van der Waals surface area contributed by atoms with E-state index in [1.807, 2.05) is 0 Å². The fourth-order valence-electron chi connectivity index (χ4n) is 1.58. The van der Waals surface area contributed by atoms with E-state index in [0.717, 1.165) is 32.3 Å². The molecule has 0 aliphatic carbocycles. The molecule has 0 spiro atoms. The average Bonchev–Trinajstić information content (AvgIpc) is 2.15. The van der Waals surface area contributed by atoms with E-state index in [2.05, 4.69) is 13.8 Å². The Labute approximate surface area is 82.8 Å². The van der Waals surface area contributed by atoms with Crippen LogP contribution < -0.4 is 5.73 Å². The van der Waals surface area contributed by atoms with Crippen molar-refractivity contribution in [1.29, 1.82) is 0 Å². The van der Waals surface area contributed by atoms with Crippen LogP contribution in [-0.4, -0.2) is 19.3 Å². The zero-order valence-electron chi connectivity index (χ0n) is 9.44. The number of hydrogen-bond acceptors (Lipinski definition) is 2. The summed E-state index contributed by atoms with van der Waals surface area (Å²) in [4.78, 5) is 0. The first-order valence-electron chi connectivity index (χ1n) is 5.46. The Bertz CT molecular complexity index is 117. The molecule has 0 aromatic carbocycles. The van der Waals surface area contributed by atoms with Crippen LogP contribution in [0.2, 0.25) is 0 Å². The predicted molar refractivity (Wildman–Crippen MR) is 57.8 cm³/mol. The van der Waals surface area contributed by atoms with Crippen molar-refractivity contribution in [3.05, 3.63) is 0 Å². The van der Waals surface area contributed by atoms with Gasteiger partial charge in [-0.2, -0.15) is 0 Å². The molecular formula is C11H25NO. The summed E-state index contributed by atoms with van der Waals surface area (Å²) in [5.74, 6) is 0. The Hall–Kier alpha value is -0.0800. The molecule has 2 nitrogen and oxygen atoms in total. The van der Waals surface area contributed by atoms with E-state index in [4.69, 9.17) is 10.5 Å². The van der Waals surface area contributed by atoms with Gasteiger partial charge in [0.2, 0.25) is 0 Å². The third-order valence-electron chi connectivity index (χ3n) is 2.76. The van der Waals surface area contributed by atoms with Crippen LogP contribution in [0.25, 0.3) is 0 Å². The molecule has 80 valence electrons. The molecule has 0 aromatic rings. The molecule has 2 N–H and O–H groups in total. The number of unbranched alkanes of at least 4 members (excludes halogenated alkanes) is 1. The van der Waals surface area contributed by atoms with E-state index in [1.165, 1.54) is 12.8 Å². The van der Waals surface area contributed by atoms with Gasteiger partial charge < -0.3 is 10.5 Å². The van der Waals surface area contributed by atoms with E-state index < -0.39 is 0 Å². The summed E-state index contributed by atoms with van der Waals surface area (Å²) < 4.78 is 5.03. The maximum Gasteiger partial charge on any atom is 0.0462 e. The van der Waals surface area contributed by atoms with Crippen molar-refractivity contribution in [1.82, 2.24) is 0 Å². The molecule has 0 bridgehead atoms. The fraction of sp³-hybridized carbons (Fsp3) is 1.00. The second-order valence-electron chi connectivity index (χ2n) is 3.92. The average molecular weight is 187 g/mol. The second kappa shape index (κ2) is 7.34. The highest BCUT2D eigenvalue weighted by molar-refractivity contribution is 4.81. The topological polar surface area (TPSA) is 35.2 Å². The van der Waals surface area contributed by atoms with Crippen molar-refractivity contribution >= 4 is 0 Å². The van der Waals surface area contributed by atoms with E-state index >= 15 is 0 Å². The van der Waals surface area contributed by atoms with Crippen LogP contribution in [0.1, 0.15) is 52.4 Å². The largest absolute Gasteiger partial charge is 0.385 e. The third kappa shape index (κ3) is 6.05. The predicted octanol–water partition coefficient (Wildman–Crippen LogP) is 2.71. The van der Waals surface area contributed by atoms with Crippen LogP contribution >= 0.6 is 0 Å². The molecule has 0 fully saturated rings. The molecule has 0 aliphatic heterocycles. The van der Waals surface area contributed by atoms with Gasteiger partial charge >= 0.3 is 0 Å². The zero-order valence-corrected chi connectivity index (χ0v) is 9.44. The number of nitrogens with two attached hydrogens (primary N) is 1. The number of hydrogen-bond donors (Lipinski definition) is 1. The molecule has 0 saturated heterocycles. The Kier molecular flexibility index (Phi) is 7.29. The molecule has 0 radical (unpaired) electrons. The highest BCUT2D eigenvalue weighted by Crippen LogP contribution is 2.21. The standard InChI is InChI=1S/C11H25NO/c1-4-6-8-11(12,5-2)9-7-10-13-3/h4-10,12H2,1-3H3. The molecule has 0 aliphatic rings. The Morgan fingerprint density at radius 1 is 1.15 bits per heavy atom. The molecule has 0 rings (SSSR count). The third-order valence-corrected chi connectivity index (χ3v) is 2.76. The van der Waals surface area contributed by atoms with Gasteiger partial charge in [0, 0.05) is 19.3 Å². The van der Waals surface area contributed by atoms with Crippen molar-refractivity contribution in [3.8, 4) is 0 Å². The number of methoxy groups -OCH3 is 1. The lowest BCUT2D eigenvalue weighted by molar-refractivity contribution is 0.179. The summed E-state index contributed by atoms with van der Waals surface area (Å²) in [6.07, 6.45) is 6.91. The zero-order chi connectivity index (χ0) is 10.2. The van der Waals surface area contributed by atoms with Gasteiger partial charge in [0.15, 0.2) is 0 Å². The van der Waals surface area contributed by atoms with Crippen molar-refractivity contribution in [2.45, 2.75) is 57.9 Å². The van der Waals surface area contributed by atoms with Gasteiger partial charge in [-0.3, -0.25) is 0 Å². The monoisotopic (exact) mass is 187 g/mol. The molecule has 0 amide bonds. The summed E-state index contributed by atoms with van der Waals surface area (Å²) in [5, 5.41) is 0. The van der Waals surface area contributed by atoms with Crippen LogP contribution in [0.15, 0.2) is 0 Å². The van der Waals surface area contributed by atoms with Gasteiger partial charge in [0.25, 0.3) is 0 Å². The lowest BCUT2D eigenvalue weighted by Gasteiger charge is -2.28. The Morgan fingerprint density at radius 3 is 2.23 bits per heavy atom.